The van der Waals surface area contributed by atoms with Crippen LogP contribution < -0.4 is 10.2 Å². The van der Waals surface area contributed by atoms with Crippen LogP contribution in [0.5, 0.6) is 5.75 Å². The Hall–Kier alpha value is -3.20. The first-order valence-corrected chi connectivity index (χ1v) is 9.35. The number of nitrogens with zero attached hydrogens (tertiary/aromatic N) is 5. The third-order valence-corrected chi connectivity index (χ3v) is 4.89. The number of hydrazone groups is 1. The van der Waals surface area contributed by atoms with E-state index in [0.717, 1.165) is 23.1 Å². The predicted molar refractivity (Wildman–Crippen MR) is 102 cm³/mol. The molecule has 0 saturated heterocycles. The summed E-state index contributed by atoms with van der Waals surface area (Å²) in [6.45, 7) is 2.76. The highest BCUT2D eigenvalue weighted by atomic mass is 32.2. The van der Waals surface area contributed by atoms with Gasteiger partial charge in [-0.2, -0.15) is 0 Å². The van der Waals surface area contributed by atoms with Crippen molar-refractivity contribution in [3.63, 3.8) is 0 Å². The lowest BCUT2D eigenvalue weighted by Gasteiger charge is -2.09. The van der Waals surface area contributed by atoms with Crippen LogP contribution >= 0.6 is 11.8 Å². The number of nitrogens with one attached hydrogen (secondary N) is 1. The van der Waals surface area contributed by atoms with Gasteiger partial charge in [-0.3, -0.25) is 9.78 Å². The summed E-state index contributed by atoms with van der Waals surface area (Å²) >= 11 is 1.45. The fraction of sp³-hybridized carbons (Fsp3) is 0.167. The molecule has 0 atom stereocenters. The van der Waals surface area contributed by atoms with E-state index in [1.165, 1.54) is 11.8 Å². The number of fused-ring (bicyclic) bond motifs is 1. The lowest BCUT2D eigenvalue weighted by atomic mass is 10.2. The second-order valence-corrected chi connectivity index (χ2v) is 6.56. The highest BCUT2D eigenvalue weighted by molar-refractivity contribution is 7.99. The van der Waals surface area contributed by atoms with Gasteiger partial charge in [0.2, 0.25) is 5.90 Å². The van der Waals surface area contributed by atoms with Gasteiger partial charge in [-0.25, -0.2) is 5.43 Å². The molecule has 1 N–H and O–H groups in total. The average Bonchev–Trinajstić information content (AvgIpc) is 3.06. The molecule has 0 spiro atoms. The van der Waals surface area contributed by atoms with Crippen molar-refractivity contribution in [1.82, 2.24) is 25.2 Å². The van der Waals surface area contributed by atoms with Crippen LogP contribution in [0.2, 0.25) is 0 Å². The lowest BCUT2D eigenvalue weighted by molar-refractivity contribution is 0.0955. The molecule has 1 aliphatic heterocycles. The number of rotatable bonds is 5. The van der Waals surface area contributed by atoms with Crippen molar-refractivity contribution in [3.8, 4) is 17.1 Å². The van der Waals surface area contributed by atoms with E-state index in [9.17, 15) is 4.79 Å². The molecular weight excluding hydrogens is 364 g/mol. The number of benzene rings is 1. The van der Waals surface area contributed by atoms with Gasteiger partial charge in [0.1, 0.15) is 5.75 Å². The van der Waals surface area contributed by atoms with Crippen molar-refractivity contribution >= 4 is 23.6 Å². The summed E-state index contributed by atoms with van der Waals surface area (Å²) < 4.78 is 7.81. The number of amides is 1. The Morgan fingerprint density at radius 2 is 1.96 bits per heavy atom. The second-order valence-electron chi connectivity index (χ2n) is 5.62. The van der Waals surface area contributed by atoms with E-state index in [2.05, 4.69) is 25.7 Å². The summed E-state index contributed by atoms with van der Waals surface area (Å²) in [5, 5.41) is 13.4. The van der Waals surface area contributed by atoms with Gasteiger partial charge in [-0.15, -0.1) is 15.3 Å². The normalized spacial score (nSPS) is 13.2. The largest absolute Gasteiger partial charge is 0.440 e. The van der Waals surface area contributed by atoms with Crippen LogP contribution in [0.25, 0.3) is 11.4 Å². The number of carbonyl (C=O) groups excluding carboxylic acids is 1. The summed E-state index contributed by atoms with van der Waals surface area (Å²) in [7, 11) is 0. The van der Waals surface area contributed by atoms with Gasteiger partial charge in [-0.1, -0.05) is 23.9 Å². The molecule has 27 heavy (non-hydrogen) atoms. The highest BCUT2D eigenvalue weighted by Crippen LogP contribution is 2.25. The number of hydrogen-bond donors (Lipinski definition) is 1. The molecule has 0 bridgehead atoms. The SMILES string of the molecule is CCn1c(SCC2=NNC(=O)c3ccccc3O2)nnc1-c1ccncc1. The van der Waals surface area contributed by atoms with Crippen molar-refractivity contribution in [3.05, 3.63) is 54.4 Å². The third kappa shape index (κ3) is 3.54. The van der Waals surface area contributed by atoms with Crippen molar-refractivity contribution in [2.75, 3.05) is 5.75 Å². The zero-order valence-electron chi connectivity index (χ0n) is 14.5. The van der Waals surface area contributed by atoms with Gasteiger partial charge in [0, 0.05) is 24.5 Å². The zero-order chi connectivity index (χ0) is 18.6. The maximum atomic E-state index is 12.0. The highest BCUT2D eigenvalue weighted by Gasteiger charge is 2.20. The number of carbonyl (C=O) groups is 1. The van der Waals surface area contributed by atoms with Gasteiger partial charge in [0.05, 0.1) is 11.3 Å². The quantitative estimate of drug-likeness (QED) is 0.684. The van der Waals surface area contributed by atoms with E-state index in [1.54, 1.807) is 30.6 Å². The smallest absolute Gasteiger partial charge is 0.275 e. The predicted octanol–water partition coefficient (Wildman–Crippen LogP) is 2.59. The summed E-state index contributed by atoms with van der Waals surface area (Å²) in [6, 6.07) is 10.8. The van der Waals surface area contributed by atoms with Crippen LogP contribution in [0.15, 0.2) is 59.0 Å². The molecule has 1 aliphatic rings. The molecule has 3 heterocycles. The molecule has 136 valence electrons. The van der Waals surface area contributed by atoms with Gasteiger partial charge >= 0.3 is 0 Å². The first-order chi connectivity index (χ1) is 13.3. The van der Waals surface area contributed by atoms with Crippen LogP contribution in [0.4, 0.5) is 0 Å². The molecule has 4 rings (SSSR count). The fourth-order valence-corrected chi connectivity index (χ4v) is 3.50. The molecule has 0 fully saturated rings. The van der Waals surface area contributed by atoms with Gasteiger partial charge in [0.25, 0.3) is 5.91 Å². The Balaban J connectivity index is 1.53. The summed E-state index contributed by atoms with van der Waals surface area (Å²) in [4.78, 5) is 16.1. The molecule has 3 aromatic rings. The van der Waals surface area contributed by atoms with E-state index in [0.29, 0.717) is 23.0 Å². The number of pyridine rings is 1. The monoisotopic (exact) mass is 380 g/mol. The minimum atomic E-state index is -0.290. The number of para-hydroxylation sites is 1. The van der Waals surface area contributed by atoms with Gasteiger partial charge in [0.15, 0.2) is 11.0 Å². The summed E-state index contributed by atoms with van der Waals surface area (Å²) in [5.41, 5.74) is 3.92. The standard InChI is InChI=1S/C18H16N6O2S/c1-2-24-16(12-7-9-19-10-8-12)21-23-18(24)27-11-15-20-22-17(25)13-5-3-4-6-14(13)26-15/h3-10H,2,11H2,1H3,(H,22,25). The Labute approximate surface area is 159 Å². The van der Waals surface area contributed by atoms with E-state index >= 15 is 0 Å². The Kier molecular flexibility index (Phi) is 4.84. The first-order valence-electron chi connectivity index (χ1n) is 8.36. The molecule has 8 nitrogen and oxygen atoms in total. The third-order valence-electron chi connectivity index (χ3n) is 3.94. The van der Waals surface area contributed by atoms with E-state index in [4.69, 9.17) is 4.74 Å². The van der Waals surface area contributed by atoms with Crippen molar-refractivity contribution in [1.29, 1.82) is 0 Å². The van der Waals surface area contributed by atoms with Crippen LogP contribution in [0.3, 0.4) is 0 Å². The number of thioether (sulfide) groups is 1. The molecule has 0 radical (unpaired) electrons. The topological polar surface area (TPSA) is 94.3 Å². The Bertz CT molecular complexity index is 1000. The van der Waals surface area contributed by atoms with Crippen LogP contribution in [-0.4, -0.2) is 37.3 Å². The van der Waals surface area contributed by atoms with Gasteiger partial charge in [-0.05, 0) is 31.2 Å². The molecular formula is C18H16N6O2S. The van der Waals surface area contributed by atoms with Crippen LogP contribution in [0.1, 0.15) is 17.3 Å². The number of hydrogen-bond acceptors (Lipinski definition) is 7. The van der Waals surface area contributed by atoms with Gasteiger partial charge < -0.3 is 9.30 Å². The molecule has 0 unspecified atom stereocenters. The van der Waals surface area contributed by atoms with Crippen LogP contribution in [-0.2, 0) is 6.54 Å². The molecule has 0 saturated carbocycles. The van der Waals surface area contributed by atoms with Crippen molar-refractivity contribution in [2.24, 2.45) is 5.10 Å². The lowest BCUT2D eigenvalue weighted by Crippen LogP contribution is -2.18. The van der Waals surface area contributed by atoms with E-state index < -0.39 is 0 Å². The minimum absolute atomic E-state index is 0.290. The maximum Gasteiger partial charge on any atom is 0.275 e. The first kappa shape index (κ1) is 17.2. The molecule has 2 aromatic heterocycles. The second kappa shape index (κ2) is 7.58. The fourth-order valence-electron chi connectivity index (χ4n) is 2.65. The number of ether oxygens (including phenoxy) is 1. The van der Waals surface area contributed by atoms with Crippen molar-refractivity contribution < 1.29 is 9.53 Å². The maximum absolute atomic E-state index is 12.0. The molecule has 1 aromatic carbocycles. The summed E-state index contributed by atoms with van der Waals surface area (Å²) in [5.74, 6) is 1.78. The number of aromatic nitrogens is 4. The Morgan fingerprint density at radius 1 is 1.15 bits per heavy atom. The molecule has 9 heteroatoms. The Morgan fingerprint density at radius 3 is 2.78 bits per heavy atom. The average molecular weight is 380 g/mol. The molecule has 0 aliphatic carbocycles. The molecule has 1 amide bonds. The van der Waals surface area contributed by atoms with Crippen molar-refractivity contribution in [2.45, 2.75) is 18.6 Å². The minimum Gasteiger partial charge on any atom is -0.440 e. The summed E-state index contributed by atoms with van der Waals surface area (Å²) in [6.07, 6.45) is 3.45. The van der Waals surface area contributed by atoms with E-state index in [1.807, 2.05) is 29.7 Å². The van der Waals surface area contributed by atoms with Crippen LogP contribution in [0, 0.1) is 0 Å². The zero-order valence-corrected chi connectivity index (χ0v) is 15.3. The van der Waals surface area contributed by atoms with E-state index in [-0.39, 0.29) is 5.91 Å².